The number of aryl methyl sites for hydroxylation is 1. The monoisotopic (exact) mass is 400 g/mol. The maximum absolute atomic E-state index is 11.8. The molecule has 2 aromatic carbocycles. The summed E-state index contributed by atoms with van der Waals surface area (Å²) in [5.41, 5.74) is 1.94. The van der Waals surface area contributed by atoms with E-state index in [0.717, 1.165) is 12.8 Å². The molecule has 2 N–H and O–H groups in total. The third kappa shape index (κ3) is 7.75. The van der Waals surface area contributed by atoms with E-state index in [1.165, 1.54) is 12.7 Å². The minimum absolute atomic E-state index is 0.00601. The molecule has 0 aliphatic heterocycles. The number of hydrogen-bond donors (Lipinski definition) is 2. The van der Waals surface area contributed by atoms with Crippen molar-refractivity contribution in [2.75, 3.05) is 19.0 Å². The zero-order valence-electron chi connectivity index (χ0n) is 15.8. The topological polar surface area (TPSA) is 76.7 Å². The van der Waals surface area contributed by atoms with Gasteiger partial charge in [-0.3, -0.25) is 9.59 Å². The Labute approximate surface area is 170 Å². The number of methoxy groups -OCH3 is 1. The molecule has 7 heteroatoms. The average molecular weight is 401 g/mol. The number of ether oxygens (including phenoxy) is 2. The van der Waals surface area contributed by atoms with Gasteiger partial charge in [0.15, 0.2) is 5.11 Å². The second kappa shape index (κ2) is 11.7. The van der Waals surface area contributed by atoms with Crippen LogP contribution in [-0.4, -0.2) is 30.7 Å². The van der Waals surface area contributed by atoms with E-state index in [-0.39, 0.29) is 23.9 Å². The molecule has 0 aliphatic rings. The Kier molecular flexibility index (Phi) is 8.94. The summed E-state index contributed by atoms with van der Waals surface area (Å²) in [5.74, 6) is -0.144. The van der Waals surface area contributed by atoms with Gasteiger partial charge in [-0.25, -0.2) is 0 Å². The van der Waals surface area contributed by atoms with Gasteiger partial charge in [-0.1, -0.05) is 42.5 Å². The SMILES string of the molecule is COC(=O)CCC(=O)NC(=S)Nc1ccccc1OCCCc1ccccc1. The van der Waals surface area contributed by atoms with Gasteiger partial charge in [0.1, 0.15) is 5.75 Å². The Hall–Kier alpha value is -2.93. The fourth-order valence-electron chi connectivity index (χ4n) is 2.46. The predicted octanol–water partition coefficient (Wildman–Crippen LogP) is 3.46. The number of carbonyl (C=O) groups is 2. The molecule has 0 saturated carbocycles. The number of esters is 1. The van der Waals surface area contributed by atoms with Crippen molar-refractivity contribution in [3.63, 3.8) is 0 Å². The minimum atomic E-state index is -0.441. The summed E-state index contributed by atoms with van der Waals surface area (Å²) in [6.45, 7) is 0.561. The van der Waals surface area contributed by atoms with E-state index in [4.69, 9.17) is 17.0 Å². The second-order valence-corrected chi connectivity index (χ2v) is 6.42. The van der Waals surface area contributed by atoms with E-state index in [2.05, 4.69) is 27.5 Å². The number of hydrogen-bond acceptors (Lipinski definition) is 5. The standard InChI is InChI=1S/C21H24N2O4S/c1-26-20(25)14-13-19(24)23-21(28)22-17-11-5-6-12-18(17)27-15-7-10-16-8-3-2-4-9-16/h2-6,8-9,11-12H,7,10,13-15H2,1H3,(H2,22,23,24,28). The van der Waals surface area contributed by atoms with Crippen LogP contribution in [0.3, 0.4) is 0 Å². The highest BCUT2D eigenvalue weighted by atomic mass is 32.1. The molecule has 2 aromatic rings. The smallest absolute Gasteiger partial charge is 0.306 e. The first-order valence-electron chi connectivity index (χ1n) is 9.02. The zero-order chi connectivity index (χ0) is 20.2. The van der Waals surface area contributed by atoms with E-state index in [9.17, 15) is 9.59 Å². The van der Waals surface area contributed by atoms with Crippen molar-refractivity contribution in [2.45, 2.75) is 25.7 Å². The first-order chi connectivity index (χ1) is 13.6. The lowest BCUT2D eigenvalue weighted by Crippen LogP contribution is -2.34. The summed E-state index contributed by atoms with van der Waals surface area (Å²) in [4.78, 5) is 22.9. The van der Waals surface area contributed by atoms with Crippen molar-refractivity contribution >= 4 is 34.9 Å². The van der Waals surface area contributed by atoms with Crippen LogP contribution in [0.5, 0.6) is 5.75 Å². The van der Waals surface area contributed by atoms with E-state index in [1.807, 2.05) is 42.5 Å². The fourth-order valence-corrected chi connectivity index (χ4v) is 2.68. The van der Waals surface area contributed by atoms with Crippen molar-refractivity contribution < 1.29 is 19.1 Å². The highest BCUT2D eigenvalue weighted by molar-refractivity contribution is 7.80. The van der Waals surface area contributed by atoms with Crippen LogP contribution in [0.25, 0.3) is 0 Å². The maximum Gasteiger partial charge on any atom is 0.306 e. The fraction of sp³-hybridized carbons (Fsp3) is 0.286. The van der Waals surface area contributed by atoms with Gasteiger partial charge in [0, 0.05) is 6.42 Å². The molecule has 2 rings (SSSR count). The van der Waals surface area contributed by atoms with Crippen molar-refractivity contribution in [1.82, 2.24) is 5.32 Å². The summed E-state index contributed by atoms with van der Waals surface area (Å²) in [5, 5.41) is 5.65. The van der Waals surface area contributed by atoms with Gasteiger partial charge in [-0.15, -0.1) is 0 Å². The second-order valence-electron chi connectivity index (χ2n) is 6.01. The van der Waals surface area contributed by atoms with Crippen LogP contribution in [-0.2, 0) is 20.7 Å². The predicted molar refractivity (Wildman–Crippen MR) is 112 cm³/mol. The third-order valence-corrected chi connectivity index (χ3v) is 4.09. The summed E-state index contributed by atoms with van der Waals surface area (Å²) in [6, 6.07) is 17.6. The summed E-state index contributed by atoms with van der Waals surface area (Å²) < 4.78 is 10.4. The molecule has 0 aromatic heterocycles. The lowest BCUT2D eigenvalue weighted by atomic mass is 10.1. The summed E-state index contributed by atoms with van der Waals surface area (Å²) >= 11 is 5.16. The van der Waals surface area contributed by atoms with Gasteiger partial charge in [0.25, 0.3) is 0 Å². The van der Waals surface area contributed by atoms with Gasteiger partial charge >= 0.3 is 5.97 Å². The largest absolute Gasteiger partial charge is 0.491 e. The summed E-state index contributed by atoms with van der Waals surface area (Å²) in [7, 11) is 1.28. The first-order valence-corrected chi connectivity index (χ1v) is 9.42. The van der Waals surface area contributed by atoms with Crippen LogP contribution in [0.4, 0.5) is 5.69 Å². The number of para-hydroxylation sites is 2. The molecule has 0 spiro atoms. The molecule has 0 atom stereocenters. The van der Waals surface area contributed by atoms with Crippen LogP contribution in [0.15, 0.2) is 54.6 Å². The van der Waals surface area contributed by atoms with E-state index >= 15 is 0 Å². The maximum atomic E-state index is 11.8. The molecule has 1 amide bonds. The molecule has 28 heavy (non-hydrogen) atoms. The molecule has 0 heterocycles. The molecule has 0 fully saturated rings. The van der Waals surface area contributed by atoms with Gasteiger partial charge in [-0.05, 0) is 42.8 Å². The number of rotatable bonds is 9. The van der Waals surface area contributed by atoms with E-state index in [0.29, 0.717) is 18.0 Å². The first kappa shape index (κ1) is 21.4. The molecule has 148 valence electrons. The molecule has 0 saturated heterocycles. The molecule has 0 radical (unpaired) electrons. The number of carbonyl (C=O) groups excluding carboxylic acids is 2. The summed E-state index contributed by atoms with van der Waals surface area (Å²) in [6.07, 6.45) is 1.83. The van der Waals surface area contributed by atoms with Gasteiger partial charge in [0.05, 0.1) is 25.8 Å². The molecule has 6 nitrogen and oxygen atoms in total. The molecule has 0 aliphatic carbocycles. The number of anilines is 1. The normalized spacial score (nSPS) is 10.0. The van der Waals surface area contributed by atoms with Crippen LogP contribution in [0, 0.1) is 0 Å². The highest BCUT2D eigenvalue weighted by Crippen LogP contribution is 2.24. The zero-order valence-corrected chi connectivity index (χ0v) is 16.6. The Morgan fingerprint density at radius 1 is 1.00 bits per heavy atom. The Balaban J connectivity index is 1.79. The Bertz CT molecular complexity index is 796. The molecular formula is C21H24N2O4S. The van der Waals surface area contributed by atoms with Crippen molar-refractivity contribution in [3.05, 3.63) is 60.2 Å². The van der Waals surface area contributed by atoms with Crippen molar-refractivity contribution in [3.8, 4) is 5.75 Å². The lowest BCUT2D eigenvalue weighted by molar-refractivity contribution is -0.142. The van der Waals surface area contributed by atoms with E-state index < -0.39 is 5.97 Å². The molecule has 0 bridgehead atoms. The van der Waals surface area contributed by atoms with Crippen LogP contribution in [0.1, 0.15) is 24.8 Å². The Morgan fingerprint density at radius 2 is 1.71 bits per heavy atom. The quantitative estimate of drug-likeness (QED) is 0.381. The van der Waals surface area contributed by atoms with Gasteiger partial charge < -0.3 is 20.1 Å². The van der Waals surface area contributed by atoms with Crippen molar-refractivity contribution in [2.24, 2.45) is 0 Å². The Morgan fingerprint density at radius 3 is 2.46 bits per heavy atom. The van der Waals surface area contributed by atoms with Crippen LogP contribution < -0.4 is 15.4 Å². The van der Waals surface area contributed by atoms with Crippen molar-refractivity contribution in [1.29, 1.82) is 0 Å². The third-order valence-electron chi connectivity index (χ3n) is 3.88. The lowest BCUT2D eigenvalue weighted by Gasteiger charge is -2.14. The molecular weight excluding hydrogens is 376 g/mol. The van der Waals surface area contributed by atoms with Gasteiger partial charge in [-0.2, -0.15) is 0 Å². The minimum Gasteiger partial charge on any atom is -0.491 e. The molecule has 0 unspecified atom stereocenters. The van der Waals surface area contributed by atoms with Crippen LogP contribution in [0.2, 0.25) is 0 Å². The highest BCUT2D eigenvalue weighted by Gasteiger charge is 2.10. The number of benzene rings is 2. The van der Waals surface area contributed by atoms with Gasteiger partial charge in [0.2, 0.25) is 5.91 Å². The van der Waals surface area contributed by atoms with Crippen LogP contribution >= 0.6 is 12.2 Å². The van der Waals surface area contributed by atoms with E-state index in [1.54, 1.807) is 0 Å². The number of thiocarbonyl (C=S) groups is 1. The number of nitrogens with one attached hydrogen (secondary N) is 2. The number of amides is 1. The average Bonchev–Trinajstić information content (AvgIpc) is 2.71.